The molecule has 0 radical (unpaired) electrons. The zero-order valence-electron chi connectivity index (χ0n) is 14.7. The number of benzene rings is 1. The van der Waals surface area contributed by atoms with Crippen molar-refractivity contribution in [1.29, 1.82) is 0 Å². The van der Waals surface area contributed by atoms with Crippen LogP contribution >= 0.6 is 0 Å². The number of hydrogen-bond acceptors (Lipinski definition) is 5. The van der Waals surface area contributed by atoms with Crippen LogP contribution in [0.4, 0.5) is 14.6 Å². The summed E-state index contributed by atoms with van der Waals surface area (Å²) in [5, 5.41) is 0. The summed E-state index contributed by atoms with van der Waals surface area (Å²) in [5.74, 6) is -1.33. The minimum atomic E-state index is -1.03. The molecule has 1 saturated heterocycles. The van der Waals surface area contributed by atoms with Crippen molar-refractivity contribution < 1.29 is 18.3 Å². The van der Waals surface area contributed by atoms with Crippen LogP contribution in [0.25, 0.3) is 0 Å². The lowest BCUT2D eigenvalue weighted by Gasteiger charge is -2.33. The predicted octanol–water partition coefficient (Wildman–Crippen LogP) is 2.50. The lowest BCUT2D eigenvalue weighted by Crippen LogP contribution is -2.44. The number of likely N-dealkylation sites (tertiary alicyclic amines) is 1. The largest absolute Gasteiger partial charge is 0.470 e. The molecule has 138 valence electrons. The van der Waals surface area contributed by atoms with Gasteiger partial charge in [-0.25, -0.2) is 18.7 Å². The van der Waals surface area contributed by atoms with E-state index in [0.29, 0.717) is 24.8 Å². The van der Waals surface area contributed by atoms with Gasteiger partial charge in [-0.1, -0.05) is 0 Å². The fraction of sp³-hybridized carbons (Fsp3) is 0.389. The third-order valence-electron chi connectivity index (χ3n) is 4.18. The number of piperidine rings is 1. The molecule has 1 aliphatic heterocycles. The molecule has 2 heterocycles. The SMILES string of the molecule is CN(C)c1nccnc1OC1CCCN(C(=O)c2ccc(F)c(F)c2)C1. The number of halogens is 2. The second kappa shape index (κ2) is 7.63. The van der Waals surface area contributed by atoms with Gasteiger partial charge in [0.05, 0.1) is 6.54 Å². The summed E-state index contributed by atoms with van der Waals surface area (Å²) in [6, 6.07) is 3.18. The molecule has 0 bridgehead atoms. The third-order valence-corrected chi connectivity index (χ3v) is 4.18. The second-order valence-electron chi connectivity index (χ2n) is 6.34. The Morgan fingerprint density at radius 3 is 2.73 bits per heavy atom. The standard InChI is InChI=1S/C18H20F2N4O2/c1-23(2)16-17(22-8-7-21-16)26-13-4-3-9-24(11-13)18(25)12-5-6-14(19)15(20)10-12/h5-8,10,13H,3-4,9,11H2,1-2H3. The van der Waals surface area contributed by atoms with Crippen molar-refractivity contribution in [2.45, 2.75) is 18.9 Å². The van der Waals surface area contributed by atoms with Gasteiger partial charge < -0.3 is 14.5 Å². The van der Waals surface area contributed by atoms with E-state index in [4.69, 9.17) is 4.74 Å². The Kier molecular flexibility index (Phi) is 5.29. The van der Waals surface area contributed by atoms with Crippen molar-refractivity contribution in [1.82, 2.24) is 14.9 Å². The summed E-state index contributed by atoms with van der Waals surface area (Å²) in [6.45, 7) is 0.889. The monoisotopic (exact) mass is 362 g/mol. The highest BCUT2D eigenvalue weighted by Crippen LogP contribution is 2.24. The van der Waals surface area contributed by atoms with E-state index < -0.39 is 11.6 Å². The maximum absolute atomic E-state index is 13.4. The van der Waals surface area contributed by atoms with Gasteiger partial charge in [0.15, 0.2) is 17.5 Å². The fourth-order valence-corrected chi connectivity index (χ4v) is 2.90. The summed E-state index contributed by atoms with van der Waals surface area (Å²) in [4.78, 5) is 24.4. The molecule has 2 aromatic rings. The van der Waals surface area contributed by atoms with E-state index in [2.05, 4.69) is 9.97 Å². The Morgan fingerprint density at radius 2 is 2.00 bits per heavy atom. The highest BCUT2D eigenvalue weighted by molar-refractivity contribution is 5.94. The highest BCUT2D eigenvalue weighted by Gasteiger charge is 2.27. The number of carbonyl (C=O) groups excluding carboxylic acids is 1. The van der Waals surface area contributed by atoms with Gasteiger partial charge in [0.25, 0.3) is 11.8 Å². The Balaban J connectivity index is 1.71. The fourth-order valence-electron chi connectivity index (χ4n) is 2.90. The Hall–Kier alpha value is -2.77. The smallest absolute Gasteiger partial charge is 0.257 e. The van der Waals surface area contributed by atoms with Gasteiger partial charge in [-0.2, -0.15) is 0 Å². The Bertz CT molecular complexity index is 801. The first kappa shape index (κ1) is 18.0. The number of ether oxygens (including phenoxy) is 1. The first-order valence-corrected chi connectivity index (χ1v) is 8.35. The number of amides is 1. The number of anilines is 1. The van der Waals surface area contributed by atoms with Crippen LogP contribution < -0.4 is 9.64 Å². The van der Waals surface area contributed by atoms with Crippen LogP contribution in [0.1, 0.15) is 23.2 Å². The van der Waals surface area contributed by atoms with Crippen molar-refractivity contribution in [3.05, 3.63) is 47.8 Å². The van der Waals surface area contributed by atoms with E-state index in [-0.39, 0.29) is 17.6 Å². The summed E-state index contributed by atoms with van der Waals surface area (Å²) >= 11 is 0. The zero-order valence-corrected chi connectivity index (χ0v) is 14.7. The van der Waals surface area contributed by atoms with Gasteiger partial charge in [0.1, 0.15) is 6.10 Å². The van der Waals surface area contributed by atoms with Gasteiger partial charge in [-0.15, -0.1) is 0 Å². The first-order chi connectivity index (χ1) is 12.5. The predicted molar refractivity (Wildman–Crippen MR) is 92.3 cm³/mol. The van der Waals surface area contributed by atoms with Gasteiger partial charge in [-0.05, 0) is 31.0 Å². The number of nitrogens with zero attached hydrogens (tertiary/aromatic N) is 4. The molecule has 1 fully saturated rings. The summed E-state index contributed by atoms with van der Waals surface area (Å²) < 4.78 is 32.4. The minimum Gasteiger partial charge on any atom is -0.470 e. The third kappa shape index (κ3) is 3.89. The molecule has 1 atom stereocenters. The molecule has 1 aromatic heterocycles. The van der Waals surface area contributed by atoms with Crippen molar-refractivity contribution in [2.75, 3.05) is 32.1 Å². The highest BCUT2D eigenvalue weighted by atomic mass is 19.2. The van der Waals surface area contributed by atoms with E-state index in [9.17, 15) is 13.6 Å². The summed E-state index contributed by atoms with van der Waals surface area (Å²) in [7, 11) is 3.69. The van der Waals surface area contributed by atoms with E-state index in [1.54, 1.807) is 22.2 Å². The maximum Gasteiger partial charge on any atom is 0.257 e. The summed E-state index contributed by atoms with van der Waals surface area (Å²) in [6.07, 6.45) is 4.41. The molecular weight excluding hydrogens is 342 g/mol. The van der Waals surface area contributed by atoms with Crippen molar-refractivity contribution in [3.8, 4) is 5.88 Å². The molecule has 3 rings (SSSR count). The lowest BCUT2D eigenvalue weighted by molar-refractivity contribution is 0.0528. The molecule has 26 heavy (non-hydrogen) atoms. The van der Waals surface area contributed by atoms with E-state index in [1.165, 1.54) is 6.07 Å². The van der Waals surface area contributed by atoms with Gasteiger partial charge in [-0.3, -0.25) is 4.79 Å². The Labute approximate surface area is 150 Å². The van der Waals surface area contributed by atoms with Crippen LogP contribution in [0.5, 0.6) is 5.88 Å². The van der Waals surface area contributed by atoms with Crippen LogP contribution in [-0.2, 0) is 0 Å². The second-order valence-corrected chi connectivity index (χ2v) is 6.34. The van der Waals surface area contributed by atoms with Gasteiger partial charge in [0.2, 0.25) is 0 Å². The van der Waals surface area contributed by atoms with Crippen molar-refractivity contribution in [3.63, 3.8) is 0 Å². The molecule has 1 aliphatic rings. The van der Waals surface area contributed by atoms with E-state index >= 15 is 0 Å². The zero-order chi connectivity index (χ0) is 18.7. The number of carbonyl (C=O) groups is 1. The average molecular weight is 362 g/mol. The van der Waals surface area contributed by atoms with Gasteiger partial charge >= 0.3 is 0 Å². The molecule has 1 amide bonds. The van der Waals surface area contributed by atoms with Crippen LogP contribution in [0.2, 0.25) is 0 Å². The molecule has 8 heteroatoms. The number of aromatic nitrogens is 2. The molecule has 0 aliphatic carbocycles. The molecular formula is C18H20F2N4O2. The molecule has 0 N–H and O–H groups in total. The van der Waals surface area contributed by atoms with E-state index in [0.717, 1.165) is 25.0 Å². The Morgan fingerprint density at radius 1 is 1.23 bits per heavy atom. The quantitative estimate of drug-likeness (QED) is 0.836. The molecule has 0 spiro atoms. The maximum atomic E-state index is 13.4. The number of hydrogen-bond donors (Lipinski definition) is 0. The summed E-state index contributed by atoms with van der Waals surface area (Å²) in [5.41, 5.74) is 0.123. The number of rotatable bonds is 4. The van der Waals surface area contributed by atoms with Crippen LogP contribution in [0, 0.1) is 11.6 Å². The normalized spacial score (nSPS) is 17.1. The topological polar surface area (TPSA) is 58.6 Å². The average Bonchev–Trinajstić information content (AvgIpc) is 2.64. The van der Waals surface area contributed by atoms with Crippen LogP contribution in [0.15, 0.2) is 30.6 Å². The van der Waals surface area contributed by atoms with E-state index in [1.807, 2.05) is 14.1 Å². The van der Waals surface area contributed by atoms with Crippen LogP contribution in [0.3, 0.4) is 0 Å². The molecule has 6 nitrogen and oxygen atoms in total. The lowest BCUT2D eigenvalue weighted by atomic mass is 10.1. The minimum absolute atomic E-state index is 0.123. The van der Waals surface area contributed by atoms with Crippen molar-refractivity contribution in [2.24, 2.45) is 0 Å². The molecule has 1 aromatic carbocycles. The van der Waals surface area contributed by atoms with Gasteiger partial charge in [0, 0.05) is 38.6 Å². The van der Waals surface area contributed by atoms with Crippen LogP contribution in [-0.4, -0.2) is 54.1 Å². The molecule has 1 unspecified atom stereocenters. The van der Waals surface area contributed by atoms with Crippen molar-refractivity contribution >= 4 is 11.7 Å². The molecule has 0 saturated carbocycles. The first-order valence-electron chi connectivity index (χ1n) is 8.35.